The number of thiophene rings is 1. The van der Waals surface area contributed by atoms with Gasteiger partial charge in [-0.15, -0.1) is 23.1 Å². The van der Waals surface area contributed by atoms with Crippen molar-refractivity contribution in [3.05, 3.63) is 16.5 Å². The molecule has 0 N–H and O–H groups in total. The van der Waals surface area contributed by atoms with Gasteiger partial charge in [-0.2, -0.15) is 0 Å². The molecular formula is C9H5Cl3O2S2. The number of fused-ring (bicyclic) bond motifs is 1. The van der Waals surface area contributed by atoms with E-state index in [2.05, 4.69) is 0 Å². The van der Waals surface area contributed by atoms with E-state index >= 15 is 0 Å². The van der Waals surface area contributed by atoms with Crippen LogP contribution in [0.3, 0.4) is 0 Å². The monoisotopic (exact) mass is 314 g/mol. The summed E-state index contributed by atoms with van der Waals surface area (Å²) in [6.45, 7) is 0. The molecule has 0 fully saturated rings. The molecule has 1 aliphatic heterocycles. The summed E-state index contributed by atoms with van der Waals surface area (Å²) >= 11 is 19.3. The molecule has 0 saturated heterocycles. The van der Waals surface area contributed by atoms with Gasteiger partial charge in [0.25, 0.3) is 3.79 Å². The van der Waals surface area contributed by atoms with E-state index in [4.69, 9.17) is 34.8 Å². The minimum absolute atomic E-state index is 0.0494. The molecule has 2 heterocycles. The first-order chi connectivity index (χ1) is 7.39. The minimum atomic E-state index is -1.96. The van der Waals surface area contributed by atoms with Gasteiger partial charge in [0.05, 0.1) is 9.09 Å². The Kier molecular flexibility index (Phi) is 3.57. The number of hydrogen-bond acceptors (Lipinski definition) is 4. The quantitative estimate of drug-likeness (QED) is 0.580. The van der Waals surface area contributed by atoms with Crippen molar-refractivity contribution >= 4 is 69.5 Å². The third kappa shape index (κ3) is 2.41. The van der Waals surface area contributed by atoms with Crippen molar-refractivity contribution in [1.29, 1.82) is 0 Å². The van der Waals surface area contributed by atoms with E-state index < -0.39 is 9.58 Å². The number of Topliss-reactive ketones (excluding diaryl/α,β-unsaturated/α-hetero) is 2. The van der Waals surface area contributed by atoms with Gasteiger partial charge in [-0.3, -0.25) is 9.59 Å². The number of ketones is 2. The third-order valence-electron chi connectivity index (χ3n) is 2.04. The van der Waals surface area contributed by atoms with Crippen LogP contribution in [0.4, 0.5) is 0 Å². The lowest BCUT2D eigenvalue weighted by Crippen LogP contribution is -2.17. The average molecular weight is 316 g/mol. The van der Waals surface area contributed by atoms with E-state index in [-0.39, 0.29) is 5.78 Å². The Morgan fingerprint density at radius 2 is 2.06 bits per heavy atom. The van der Waals surface area contributed by atoms with Crippen molar-refractivity contribution < 1.29 is 9.59 Å². The first kappa shape index (κ1) is 12.7. The summed E-state index contributed by atoms with van der Waals surface area (Å²) in [7, 11) is 0. The Bertz CT molecular complexity index is 462. The summed E-state index contributed by atoms with van der Waals surface area (Å²) in [6, 6.07) is 1.53. The van der Waals surface area contributed by atoms with Gasteiger partial charge in [-0.1, -0.05) is 34.8 Å². The zero-order valence-electron chi connectivity index (χ0n) is 7.76. The summed E-state index contributed by atoms with van der Waals surface area (Å²) < 4.78 is -1.12. The Labute approximate surface area is 115 Å². The number of rotatable bonds is 1. The van der Waals surface area contributed by atoms with Crippen LogP contribution in [0, 0.1) is 0 Å². The van der Waals surface area contributed by atoms with E-state index in [0.717, 1.165) is 9.96 Å². The molecule has 0 unspecified atom stereocenters. The number of thioether (sulfide) groups is 1. The molecule has 0 saturated carbocycles. The Balaban J connectivity index is 2.39. The molecule has 0 aliphatic carbocycles. The van der Waals surface area contributed by atoms with Crippen molar-refractivity contribution in [3.8, 4) is 0 Å². The summed E-state index contributed by atoms with van der Waals surface area (Å²) in [4.78, 5) is 23.6. The molecule has 0 aromatic carbocycles. The molecule has 1 aromatic rings. The molecule has 0 spiro atoms. The fourth-order valence-electron chi connectivity index (χ4n) is 1.30. The Hall–Kier alpha value is 0.260. The van der Waals surface area contributed by atoms with Gasteiger partial charge in [-0.25, -0.2) is 0 Å². The summed E-state index contributed by atoms with van der Waals surface area (Å²) in [5, 5.41) is 0. The molecule has 16 heavy (non-hydrogen) atoms. The van der Waals surface area contributed by atoms with Crippen molar-refractivity contribution in [1.82, 2.24) is 0 Å². The van der Waals surface area contributed by atoms with Crippen LogP contribution < -0.4 is 0 Å². The van der Waals surface area contributed by atoms with Crippen LogP contribution >= 0.6 is 57.9 Å². The van der Waals surface area contributed by atoms with Crippen LogP contribution in [0.15, 0.2) is 10.3 Å². The Morgan fingerprint density at radius 3 is 2.62 bits per heavy atom. The first-order valence-corrected chi connectivity index (χ1v) is 7.24. The molecule has 0 amide bonds. The average Bonchev–Trinajstić information content (AvgIpc) is 2.60. The highest BCUT2D eigenvalue weighted by atomic mass is 35.6. The summed E-state index contributed by atoms with van der Waals surface area (Å²) in [5.41, 5.74) is 0.582. The standard InChI is InChI=1S/C9H5Cl3O2S2/c10-9(11,12)7(14)6-3-4-5(13)1-2-15-8(4)16-6/h3H,1-2H2. The van der Waals surface area contributed by atoms with Gasteiger partial charge in [0, 0.05) is 17.7 Å². The second-order valence-electron chi connectivity index (χ2n) is 3.16. The highest BCUT2D eigenvalue weighted by Gasteiger charge is 2.34. The van der Waals surface area contributed by atoms with Gasteiger partial charge in [0.15, 0.2) is 5.78 Å². The van der Waals surface area contributed by atoms with Crippen LogP contribution in [0.1, 0.15) is 26.5 Å². The van der Waals surface area contributed by atoms with Gasteiger partial charge >= 0.3 is 0 Å². The zero-order valence-corrected chi connectivity index (χ0v) is 11.7. The minimum Gasteiger partial charge on any atom is -0.294 e. The first-order valence-electron chi connectivity index (χ1n) is 4.31. The summed E-state index contributed by atoms with van der Waals surface area (Å²) in [5.74, 6) is 0.215. The number of hydrogen-bond donors (Lipinski definition) is 0. The zero-order chi connectivity index (χ0) is 11.9. The third-order valence-corrected chi connectivity index (χ3v) is 4.98. The number of alkyl halides is 3. The van der Waals surface area contributed by atoms with Crippen LogP contribution in [-0.4, -0.2) is 21.1 Å². The van der Waals surface area contributed by atoms with Gasteiger partial charge < -0.3 is 0 Å². The molecule has 2 nitrogen and oxygen atoms in total. The van der Waals surface area contributed by atoms with Crippen molar-refractivity contribution in [2.24, 2.45) is 0 Å². The molecule has 0 bridgehead atoms. The highest BCUT2D eigenvalue weighted by molar-refractivity contribution is 8.01. The fraction of sp³-hybridized carbons (Fsp3) is 0.333. The fourth-order valence-corrected chi connectivity index (χ4v) is 4.23. The maximum Gasteiger partial charge on any atom is 0.254 e. The lowest BCUT2D eigenvalue weighted by atomic mass is 10.1. The second kappa shape index (κ2) is 4.50. The highest BCUT2D eigenvalue weighted by Crippen LogP contribution is 2.40. The topological polar surface area (TPSA) is 34.1 Å². The number of halogens is 3. The lowest BCUT2D eigenvalue weighted by molar-refractivity contribution is 0.0985. The van der Waals surface area contributed by atoms with Gasteiger partial charge in [0.1, 0.15) is 0 Å². The maximum absolute atomic E-state index is 11.7. The molecule has 7 heteroatoms. The van der Waals surface area contributed by atoms with Crippen molar-refractivity contribution in [3.63, 3.8) is 0 Å². The SMILES string of the molecule is O=C1CCSc2sc(C(=O)C(Cl)(Cl)Cl)cc21. The molecule has 2 rings (SSSR count). The largest absolute Gasteiger partial charge is 0.294 e. The number of carbonyl (C=O) groups is 2. The molecule has 1 aliphatic rings. The Morgan fingerprint density at radius 1 is 1.38 bits per heavy atom. The second-order valence-corrected chi connectivity index (χ2v) is 7.86. The van der Waals surface area contributed by atoms with Crippen LogP contribution in [0.5, 0.6) is 0 Å². The maximum atomic E-state index is 11.7. The molecule has 0 radical (unpaired) electrons. The van der Waals surface area contributed by atoms with Gasteiger partial charge in [-0.05, 0) is 6.07 Å². The van der Waals surface area contributed by atoms with E-state index in [1.807, 2.05) is 0 Å². The predicted molar refractivity (Wildman–Crippen MR) is 68.6 cm³/mol. The molecule has 1 aromatic heterocycles. The smallest absolute Gasteiger partial charge is 0.254 e. The lowest BCUT2D eigenvalue weighted by Gasteiger charge is -2.07. The molecule has 86 valence electrons. The van der Waals surface area contributed by atoms with E-state index in [0.29, 0.717) is 16.9 Å². The number of carbonyl (C=O) groups excluding carboxylic acids is 2. The molecular weight excluding hydrogens is 311 g/mol. The predicted octanol–water partition coefficient (Wildman–Crippen LogP) is 3.98. The van der Waals surface area contributed by atoms with E-state index in [9.17, 15) is 9.59 Å². The normalized spacial score (nSPS) is 16.1. The van der Waals surface area contributed by atoms with Crippen LogP contribution in [-0.2, 0) is 0 Å². The van der Waals surface area contributed by atoms with Crippen LogP contribution in [0.2, 0.25) is 0 Å². The van der Waals surface area contributed by atoms with E-state index in [1.165, 1.54) is 17.4 Å². The van der Waals surface area contributed by atoms with E-state index in [1.54, 1.807) is 11.8 Å². The van der Waals surface area contributed by atoms with Gasteiger partial charge in [0.2, 0.25) is 5.78 Å². The summed E-state index contributed by atoms with van der Waals surface area (Å²) in [6.07, 6.45) is 0.496. The van der Waals surface area contributed by atoms with Crippen molar-refractivity contribution in [2.75, 3.05) is 5.75 Å². The molecule has 0 atom stereocenters. The van der Waals surface area contributed by atoms with Crippen molar-refractivity contribution in [2.45, 2.75) is 14.4 Å². The van der Waals surface area contributed by atoms with Crippen LogP contribution in [0.25, 0.3) is 0 Å².